The van der Waals surface area contributed by atoms with Gasteiger partial charge in [0.25, 0.3) is 0 Å². The van der Waals surface area contributed by atoms with Crippen molar-refractivity contribution in [1.82, 2.24) is 0 Å². The third kappa shape index (κ3) is 11.5. The molecular weight excluding hydrogens is 457 g/mol. The number of carbonyl (C=O) groups is 2. The first-order valence-electron chi connectivity index (χ1n) is 6.95. The summed E-state index contributed by atoms with van der Waals surface area (Å²) in [5, 5.41) is 0. The molecule has 0 amide bonds. The molecule has 2 atom stereocenters. The quantitative estimate of drug-likeness (QED) is 0.209. The van der Waals surface area contributed by atoms with Crippen LogP contribution in [0.2, 0.25) is 0 Å². The first-order chi connectivity index (χ1) is 11.1. The van der Waals surface area contributed by atoms with Gasteiger partial charge in [-0.1, -0.05) is 80.8 Å². The topological polar surface area (TPSA) is 52.6 Å². The van der Waals surface area contributed by atoms with E-state index in [4.69, 9.17) is 79.1 Å². The SMILES string of the molecule is CC(C)=C[C@@H](OC(=O)CC(=O)O[C@H](C=C(C)C)C(Cl)(Cl)Cl)C(Cl)(Cl)Cl. The number of alkyl halides is 6. The second-order valence-corrected chi connectivity index (χ2v) is 10.3. The second kappa shape index (κ2) is 10.5. The summed E-state index contributed by atoms with van der Waals surface area (Å²) in [7, 11) is 0. The first kappa shape index (κ1) is 25.2. The highest BCUT2D eigenvalue weighted by atomic mass is 35.6. The van der Waals surface area contributed by atoms with Crippen LogP contribution in [0, 0.1) is 0 Å². The van der Waals surface area contributed by atoms with E-state index >= 15 is 0 Å². The van der Waals surface area contributed by atoms with Crippen molar-refractivity contribution in [3.63, 3.8) is 0 Å². The van der Waals surface area contributed by atoms with Gasteiger partial charge in [0, 0.05) is 0 Å². The Hall–Kier alpha value is 0.160. The van der Waals surface area contributed by atoms with Crippen molar-refractivity contribution >= 4 is 81.5 Å². The molecule has 0 aliphatic heterocycles. The van der Waals surface area contributed by atoms with Crippen LogP contribution in [-0.2, 0) is 19.1 Å². The molecular formula is C15H18Cl6O4. The lowest BCUT2D eigenvalue weighted by atomic mass is 10.2. The van der Waals surface area contributed by atoms with Gasteiger partial charge in [-0.2, -0.15) is 0 Å². The molecule has 0 radical (unpaired) electrons. The molecule has 144 valence electrons. The Bertz CT molecular complexity index is 489. The predicted molar refractivity (Wildman–Crippen MR) is 104 cm³/mol. The molecule has 25 heavy (non-hydrogen) atoms. The van der Waals surface area contributed by atoms with Gasteiger partial charge in [-0.15, -0.1) is 0 Å². The maximum Gasteiger partial charge on any atom is 0.317 e. The van der Waals surface area contributed by atoms with E-state index in [1.54, 1.807) is 27.7 Å². The molecule has 0 aromatic carbocycles. The molecule has 0 aliphatic rings. The van der Waals surface area contributed by atoms with Crippen molar-refractivity contribution in [2.45, 2.75) is 53.9 Å². The molecule has 0 N–H and O–H groups in total. The summed E-state index contributed by atoms with van der Waals surface area (Å²) in [5.74, 6) is -1.89. The number of allylic oxidation sites excluding steroid dienone is 2. The van der Waals surface area contributed by atoms with Crippen LogP contribution in [0.5, 0.6) is 0 Å². The molecule has 10 heteroatoms. The standard InChI is InChI=1S/C15H18Cl6O4/c1-8(2)5-10(14(16,17)18)24-12(22)7-13(23)25-11(6-9(3)4)15(19,20)21/h5-6,10-11H,7H2,1-4H3/t10-,11-/m1/s1. The Morgan fingerprint density at radius 2 is 1.04 bits per heavy atom. The zero-order chi connectivity index (χ0) is 20.0. The van der Waals surface area contributed by atoms with Gasteiger partial charge in [-0.3, -0.25) is 9.59 Å². The van der Waals surface area contributed by atoms with E-state index in [-0.39, 0.29) is 0 Å². The molecule has 0 rings (SSSR count). The predicted octanol–water partition coefficient (Wildman–Crippen LogP) is 5.87. The Morgan fingerprint density at radius 1 is 0.760 bits per heavy atom. The molecule has 0 heterocycles. The lowest BCUT2D eigenvalue weighted by Crippen LogP contribution is -2.33. The summed E-state index contributed by atoms with van der Waals surface area (Å²) in [6, 6.07) is 0. The number of hydrogen-bond acceptors (Lipinski definition) is 4. The third-order valence-corrected chi connectivity index (χ3v) is 3.71. The molecule has 0 aromatic rings. The van der Waals surface area contributed by atoms with E-state index in [2.05, 4.69) is 0 Å². The fraction of sp³-hybridized carbons (Fsp3) is 0.600. The van der Waals surface area contributed by atoms with E-state index < -0.39 is 38.2 Å². The molecule has 0 bridgehead atoms. The minimum Gasteiger partial charge on any atom is -0.453 e. The molecule has 0 fully saturated rings. The fourth-order valence-corrected chi connectivity index (χ4v) is 2.13. The number of hydrogen-bond donors (Lipinski definition) is 0. The van der Waals surface area contributed by atoms with E-state index in [0.717, 1.165) is 11.1 Å². The molecule has 0 aliphatic carbocycles. The summed E-state index contributed by atoms with van der Waals surface area (Å²) in [5.41, 5.74) is 1.51. The van der Waals surface area contributed by atoms with Crippen LogP contribution in [-0.4, -0.2) is 31.7 Å². The molecule has 0 unspecified atom stereocenters. The normalized spacial score (nSPS) is 14.2. The van der Waals surface area contributed by atoms with Crippen molar-refractivity contribution in [1.29, 1.82) is 0 Å². The third-order valence-electron chi connectivity index (χ3n) is 2.42. The van der Waals surface area contributed by atoms with E-state index in [1.807, 2.05) is 0 Å². The van der Waals surface area contributed by atoms with Crippen LogP contribution in [0.3, 0.4) is 0 Å². The molecule has 0 aromatic heterocycles. The number of rotatable bonds is 6. The Morgan fingerprint density at radius 3 is 1.24 bits per heavy atom. The van der Waals surface area contributed by atoms with Gasteiger partial charge in [0.1, 0.15) is 6.42 Å². The lowest BCUT2D eigenvalue weighted by Gasteiger charge is -2.23. The van der Waals surface area contributed by atoms with Crippen LogP contribution in [0.4, 0.5) is 0 Å². The average Bonchev–Trinajstić information content (AvgIpc) is 2.33. The van der Waals surface area contributed by atoms with Gasteiger partial charge in [0.15, 0.2) is 12.2 Å². The van der Waals surface area contributed by atoms with E-state index in [1.165, 1.54) is 12.2 Å². The Labute approximate surface area is 177 Å². The highest BCUT2D eigenvalue weighted by Gasteiger charge is 2.37. The van der Waals surface area contributed by atoms with Crippen LogP contribution in [0.1, 0.15) is 34.1 Å². The molecule has 0 saturated heterocycles. The van der Waals surface area contributed by atoms with Gasteiger partial charge in [-0.25, -0.2) is 0 Å². The zero-order valence-electron chi connectivity index (χ0n) is 13.9. The van der Waals surface area contributed by atoms with Crippen molar-refractivity contribution in [2.24, 2.45) is 0 Å². The first-order valence-corrected chi connectivity index (χ1v) is 9.22. The Kier molecular flexibility index (Phi) is 10.5. The largest absolute Gasteiger partial charge is 0.453 e. The lowest BCUT2D eigenvalue weighted by molar-refractivity contribution is -0.157. The van der Waals surface area contributed by atoms with E-state index in [0.29, 0.717) is 0 Å². The molecule has 4 nitrogen and oxygen atoms in total. The fourth-order valence-electron chi connectivity index (χ4n) is 1.48. The number of halogens is 6. The van der Waals surface area contributed by atoms with Crippen LogP contribution in [0.15, 0.2) is 23.3 Å². The summed E-state index contributed by atoms with van der Waals surface area (Å²) in [6.45, 7) is 6.93. The highest BCUT2D eigenvalue weighted by Crippen LogP contribution is 2.35. The summed E-state index contributed by atoms with van der Waals surface area (Å²) in [4.78, 5) is 23.8. The van der Waals surface area contributed by atoms with Gasteiger partial charge in [0.05, 0.1) is 0 Å². The van der Waals surface area contributed by atoms with Gasteiger partial charge < -0.3 is 9.47 Å². The summed E-state index contributed by atoms with van der Waals surface area (Å²) < 4.78 is 6.26. The van der Waals surface area contributed by atoms with Crippen LogP contribution >= 0.6 is 69.6 Å². The molecule has 0 spiro atoms. The maximum atomic E-state index is 11.9. The van der Waals surface area contributed by atoms with Gasteiger partial charge >= 0.3 is 11.9 Å². The van der Waals surface area contributed by atoms with Crippen LogP contribution in [0.25, 0.3) is 0 Å². The van der Waals surface area contributed by atoms with E-state index in [9.17, 15) is 9.59 Å². The summed E-state index contributed by atoms with van der Waals surface area (Å²) in [6.07, 6.45) is -0.163. The monoisotopic (exact) mass is 472 g/mol. The average molecular weight is 475 g/mol. The number of esters is 2. The smallest absolute Gasteiger partial charge is 0.317 e. The highest BCUT2D eigenvalue weighted by molar-refractivity contribution is 6.68. The van der Waals surface area contributed by atoms with Gasteiger partial charge in [0.2, 0.25) is 7.59 Å². The van der Waals surface area contributed by atoms with Crippen molar-refractivity contribution in [2.75, 3.05) is 0 Å². The maximum absolute atomic E-state index is 11.9. The molecule has 0 saturated carbocycles. The minimum atomic E-state index is -1.89. The number of carbonyl (C=O) groups excluding carboxylic acids is 2. The number of ether oxygens (including phenoxy) is 2. The summed E-state index contributed by atoms with van der Waals surface area (Å²) >= 11 is 34.5. The van der Waals surface area contributed by atoms with Crippen molar-refractivity contribution in [3.05, 3.63) is 23.3 Å². The minimum absolute atomic E-state index is 0.734. The van der Waals surface area contributed by atoms with Gasteiger partial charge in [-0.05, 0) is 39.8 Å². The van der Waals surface area contributed by atoms with Crippen molar-refractivity contribution < 1.29 is 19.1 Å². The zero-order valence-corrected chi connectivity index (χ0v) is 18.5. The van der Waals surface area contributed by atoms with Crippen molar-refractivity contribution in [3.8, 4) is 0 Å². The second-order valence-electron chi connectivity index (χ2n) is 5.57. The van der Waals surface area contributed by atoms with Crippen LogP contribution < -0.4 is 0 Å². The Balaban J connectivity index is 4.97.